The highest BCUT2D eigenvalue weighted by molar-refractivity contribution is 6.23. The van der Waals surface area contributed by atoms with E-state index >= 15 is 0 Å². The van der Waals surface area contributed by atoms with Crippen LogP contribution in [0.5, 0.6) is 0 Å². The number of carbonyl (C=O) groups excluding carboxylic acids is 2. The molecule has 0 saturated carbocycles. The minimum atomic E-state index is -0.279. The fraction of sp³-hybridized carbons (Fsp3) is 0.429. The van der Waals surface area contributed by atoms with Crippen LogP contribution < -0.4 is 10.6 Å². The number of nitrogens with zero attached hydrogens (tertiary/aromatic N) is 1. The molecule has 2 atom stereocenters. The predicted octanol–water partition coefficient (Wildman–Crippen LogP) is 2.03. The zero-order chi connectivity index (χ0) is 13.6. The van der Waals surface area contributed by atoms with Gasteiger partial charge in [-0.3, -0.25) is 9.59 Å². The van der Waals surface area contributed by atoms with Gasteiger partial charge in [-0.2, -0.15) is 0 Å². The first-order valence-electron chi connectivity index (χ1n) is 6.09. The number of hydrogen-bond donors (Lipinski definition) is 1. The van der Waals surface area contributed by atoms with Crippen molar-refractivity contribution in [3.63, 3.8) is 0 Å². The Morgan fingerprint density at radius 3 is 1.94 bits per heavy atom. The Balaban J connectivity index is 2.53. The minimum absolute atomic E-state index is 0.164. The molecule has 2 rings (SSSR count). The smallest absolute Gasteiger partial charge is 0.237 e. The van der Waals surface area contributed by atoms with Crippen molar-refractivity contribution in [2.75, 3.05) is 10.6 Å². The molecule has 1 saturated heterocycles. The summed E-state index contributed by atoms with van der Waals surface area (Å²) in [5, 5.41) is 0. The number of benzene rings is 1. The Bertz CT molecular complexity index is 517. The van der Waals surface area contributed by atoms with Crippen LogP contribution >= 0.6 is 0 Å². The molecule has 1 aliphatic rings. The van der Waals surface area contributed by atoms with Gasteiger partial charge >= 0.3 is 0 Å². The Kier molecular flexibility index (Phi) is 2.89. The van der Waals surface area contributed by atoms with Crippen molar-refractivity contribution in [1.29, 1.82) is 0 Å². The molecule has 96 valence electrons. The molecule has 2 N–H and O–H groups in total. The predicted molar refractivity (Wildman–Crippen MR) is 71.1 cm³/mol. The largest absolute Gasteiger partial charge is 0.397 e. The van der Waals surface area contributed by atoms with Crippen LogP contribution in [0.2, 0.25) is 0 Å². The summed E-state index contributed by atoms with van der Waals surface area (Å²) < 4.78 is 0. The van der Waals surface area contributed by atoms with Gasteiger partial charge in [0.25, 0.3) is 0 Å². The van der Waals surface area contributed by atoms with E-state index in [4.69, 9.17) is 5.73 Å². The number of nitrogen functional groups attached to an aromatic ring is 1. The van der Waals surface area contributed by atoms with E-state index in [-0.39, 0.29) is 23.7 Å². The van der Waals surface area contributed by atoms with Crippen molar-refractivity contribution in [3.05, 3.63) is 23.3 Å². The minimum Gasteiger partial charge on any atom is -0.397 e. The lowest BCUT2D eigenvalue weighted by Crippen LogP contribution is -2.31. The Labute approximate surface area is 107 Å². The van der Waals surface area contributed by atoms with Gasteiger partial charge < -0.3 is 5.73 Å². The summed E-state index contributed by atoms with van der Waals surface area (Å²) in [4.78, 5) is 25.5. The van der Waals surface area contributed by atoms with Crippen LogP contribution in [0, 0.1) is 25.7 Å². The summed E-state index contributed by atoms with van der Waals surface area (Å²) in [5.74, 6) is -0.887. The molecule has 0 spiro atoms. The van der Waals surface area contributed by atoms with Crippen LogP contribution in [-0.2, 0) is 9.59 Å². The normalized spacial score (nSPS) is 23.9. The number of anilines is 2. The van der Waals surface area contributed by atoms with Gasteiger partial charge in [0.05, 0.1) is 11.4 Å². The van der Waals surface area contributed by atoms with Gasteiger partial charge in [0.1, 0.15) is 0 Å². The average molecular weight is 246 g/mol. The van der Waals surface area contributed by atoms with Gasteiger partial charge in [-0.25, -0.2) is 4.90 Å². The lowest BCUT2D eigenvalue weighted by molar-refractivity contribution is -0.122. The van der Waals surface area contributed by atoms with Crippen molar-refractivity contribution in [3.8, 4) is 0 Å². The summed E-state index contributed by atoms with van der Waals surface area (Å²) in [6, 6.07) is 3.62. The van der Waals surface area contributed by atoms with Gasteiger partial charge in [0.2, 0.25) is 11.8 Å². The second-order valence-corrected chi connectivity index (χ2v) is 5.08. The Morgan fingerprint density at radius 2 is 1.44 bits per heavy atom. The topological polar surface area (TPSA) is 63.4 Å². The highest BCUT2D eigenvalue weighted by Gasteiger charge is 2.43. The first kappa shape index (κ1) is 12.6. The average Bonchev–Trinajstić information content (AvgIpc) is 2.50. The fourth-order valence-corrected chi connectivity index (χ4v) is 2.20. The molecular formula is C14H18N2O2. The molecule has 0 aromatic heterocycles. The fourth-order valence-electron chi connectivity index (χ4n) is 2.20. The summed E-state index contributed by atoms with van der Waals surface area (Å²) in [6.07, 6.45) is 0. The van der Waals surface area contributed by atoms with Crippen molar-refractivity contribution < 1.29 is 9.59 Å². The Hall–Kier alpha value is -1.84. The SMILES string of the molecule is Cc1cc(N)c(N2C(=O)C(C)C(C)C2=O)cc1C. The molecule has 1 fully saturated rings. The molecule has 2 amide bonds. The van der Waals surface area contributed by atoms with E-state index in [2.05, 4.69) is 0 Å². The highest BCUT2D eigenvalue weighted by Crippen LogP contribution is 2.35. The van der Waals surface area contributed by atoms with E-state index in [1.54, 1.807) is 19.9 Å². The van der Waals surface area contributed by atoms with Gasteiger partial charge in [0.15, 0.2) is 0 Å². The van der Waals surface area contributed by atoms with E-state index in [1.807, 2.05) is 19.9 Å². The molecule has 1 aliphatic heterocycles. The molecule has 2 unspecified atom stereocenters. The van der Waals surface area contributed by atoms with Gasteiger partial charge in [-0.05, 0) is 37.1 Å². The molecule has 0 aliphatic carbocycles. The third-order valence-electron chi connectivity index (χ3n) is 3.85. The molecular weight excluding hydrogens is 228 g/mol. The quantitative estimate of drug-likeness (QED) is 0.609. The molecule has 0 bridgehead atoms. The van der Waals surface area contributed by atoms with Crippen molar-refractivity contribution in [2.24, 2.45) is 11.8 Å². The van der Waals surface area contributed by atoms with E-state index in [0.29, 0.717) is 11.4 Å². The van der Waals surface area contributed by atoms with Gasteiger partial charge in [-0.1, -0.05) is 13.8 Å². The lowest BCUT2D eigenvalue weighted by atomic mass is 10.00. The number of hydrogen-bond acceptors (Lipinski definition) is 3. The standard InChI is InChI=1S/C14H18N2O2/c1-7-5-11(15)12(6-8(7)2)16-13(17)9(3)10(4)14(16)18/h5-6,9-10H,15H2,1-4H3. The first-order chi connectivity index (χ1) is 8.34. The van der Waals surface area contributed by atoms with Crippen LogP contribution in [0.25, 0.3) is 0 Å². The molecule has 1 aromatic rings. The summed E-state index contributed by atoms with van der Waals surface area (Å²) in [5.41, 5.74) is 9.00. The zero-order valence-corrected chi connectivity index (χ0v) is 11.2. The van der Waals surface area contributed by atoms with Crippen molar-refractivity contribution >= 4 is 23.2 Å². The van der Waals surface area contributed by atoms with Crippen LogP contribution in [0.3, 0.4) is 0 Å². The van der Waals surface area contributed by atoms with Gasteiger partial charge in [0, 0.05) is 11.8 Å². The maximum Gasteiger partial charge on any atom is 0.237 e. The van der Waals surface area contributed by atoms with Crippen LogP contribution in [0.1, 0.15) is 25.0 Å². The number of aryl methyl sites for hydroxylation is 2. The molecule has 1 aromatic carbocycles. The maximum absolute atomic E-state index is 12.1. The van der Waals surface area contributed by atoms with E-state index in [1.165, 1.54) is 4.90 Å². The molecule has 0 radical (unpaired) electrons. The third-order valence-corrected chi connectivity index (χ3v) is 3.85. The summed E-state index contributed by atoms with van der Waals surface area (Å²) in [6.45, 7) is 7.45. The van der Waals surface area contributed by atoms with E-state index in [9.17, 15) is 9.59 Å². The monoisotopic (exact) mass is 246 g/mol. The van der Waals surface area contributed by atoms with Gasteiger partial charge in [-0.15, -0.1) is 0 Å². The van der Waals surface area contributed by atoms with Crippen LogP contribution in [0.15, 0.2) is 12.1 Å². The van der Waals surface area contributed by atoms with Crippen LogP contribution in [-0.4, -0.2) is 11.8 Å². The van der Waals surface area contributed by atoms with Crippen LogP contribution in [0.4, 0.5) is 11.4 Å². The number of amides is 2. The molecule has 18 heavy (non-hydrogen) atoms. The van der Waals surface area contributed by atoms with E-state index < -0.39 is 0 Å². The second-order valence-electron chi connectivity index (χ2n) is 5.08. The maximum atomic E-state index is 12.1. The first-order valence-corrected chi connectivity index (χ1v) is 6.09. The van der Waals surface area contributed by atoms with Crippen molar-refractivity contribution in [1.82, 2.24) is 0 Å². The summed E-state index contributed by atoms with van der Waals surface area (Å²) >= 11 is 0. The second kappa shape index (κ2) is 4.12. The molecule has 4 nitrogen and oxygen atoms in total. The molecule has 1 heterocycles. The lowest BCUT2D eigenvalue weighted by Gasteiger charge is -2.18. The highest BCUT2D eigenvalue weighted by atomic mass is 16.2. The van der Waals surface area contributed by atoms with Crippen molar-refractivity contribution in [2.45, 2.75) is 27.7 Å². The van der Waals surface area contributed by atoms with E-state index in [0.717, 1.165) is 11.1 Å². The Morgan fingerprint density at radius 1 is 1.00 bits per heavy atom. The zero-order valence-electron chi connectivity index (χ0n) is 11.2. The number of nitrogens with two attached hydrogens (primary N) is 1. The molecule has 4 heteroatoms. The number of carbonyl (C=O) groups is 2. The number of rotatable bonds is 1. The summed E-state index contributed by atoms with van der Waals surface area (Å²) in [7, 11) is 0. The number of imide groups is 1. The third kappa shape index (κ3) is 1.68.